The second-order valence-electron chi connectivity index (χ2n) is 2.65. The number of rotatable bonds is 4. The van der Waals surface area contributed by atoms with E-state index in [9.17, 15) is 0 Å². The molecule has 0 aliphatic rings. The Morgan fingerprint density at radius 3 is 2.50 bits per heavy atom. The zero-order valence-electron chi connectivity index (χ0n) is 7.02. The highest BCUT2D eigenvalue weighted by molar-refractivity contribution is 5.06. The Morgan fingerprint density at radius 2 is 2.20 bits per heavy atom. The van der Waals surface area contributed by atoms with E-state index < -0.39 is 0 Å². The van der Waals surface area contributed by atoms with Crippen molar-refractivity contribution in [1.82, 2.24) is 5.32 Å². The number of likely N-dealkylation sites (N-methyl/N-ethyl adjacent to an activating group) is 1. The maximum atomic E-state index is 8.61. The molecule has 0 bridgehead atoms. The van der Waals surface area contributed by atoms with E-state index in [1.165, 1.54) is 5.57 Å². The van der Waals surface area contributed by atoms with Crippen molar-refractivity contribution in [2.75, 3.05) is 20.2 Å². The average molecular weight is 143 g/mol. The first-order valence-corrected chi connectivity index (χ1v) is 3.66. The minimum atomic E-state index is 0.148. The zero-order valence-corrected chi connectivity index (χ0v) is 7.02. The normalized spacial score (nSPS) is 12.7. The Labute approximate surface area is 62.9 Å². The molecule has 0 aromatic heterocycles. The lowest BCUT2D eigenvalue weighted by molar-refractivity contribution is 0.340. The Hall–Kier alpha value is -0.340. The predicted octanol–water partition coefficient (Wildman–Crippen LogP) is 0.780. The summed E-state index contributed by atoms with van der Waals surface area (Å²) in [6, 6.07) is 0. The quantitative estimate of drug-likeness (QED) is 0.570. The van der Waals surface area contributed by atoms with Crippen LogP contribution in [0.3, 0.4) is 0 Å². The minimum Gasteiger partial charge on any atom is -0.392 e. The van der Waals surface area contributed by atoms with E-state index in [2.05, 4.69) is 19.2 Å². The van der Waals surface area contributed by atoms with Crippen molar-refractivity contribution in [3.8, 4) is 0 Å². The molecule has 2 N–H and O–H groups in total. The molecule has 0 aromatic carbocycles. The van der Waals surface area contributed by atoms with Crippen LogP contribution in [0.15, 0.2) is 11.6 Å². The fourth-order valence-electron chi connectivity index (χ4n) is 0.833. The molecule has 0 fully saturated rings. The number of nitrogens with one attached hydrogen (secondary N) is 1. The molecule has 2 heteroatoms. The van der Waals surface area contributed by atoms with Crippen molar-refractivity contribution in [3.63, 3.8) is 0 Å². The molecular formula is C8H17NO. The van der Waals surface area contributed by atoms with E-state index in [-0.39, 0.29) is 6.61 Å². The molecule has 0 spiro atoms. The van der Waals surface area contributed by atoms with Crippen molar-refractivity contribution >= 4 is 0 Å². The second-order valence-corrected chi connectivity index (χ2v) is 2.65. The molecule has 0 aliphatic carbocycles. The highest BCUT2D eigenvalue weighted by atomic mass is 16.2. The molecule has 0 aliphatic heterocycles. The topological polar surface area (TPSA) is 32.3 Å². The largest absolute Gasteiger partial charge is 0.392 e. The van der Waals surface area contributed by atoms with Crippen LogP contribution in [0.5, 0.6) is 0 Å². The van der Waals surface area contributed by atoms with Gasteiger partial charge in [0, 0.05) is 6.54 Å². The first-order valence-electron chi connectivity index (χ1n) is 3.66. The molecule has 0 aromatic rings. The molecule has 0 unspecified atom stereocenters. The summed E-state index contributed by atoms with van der Waals surface area (Å²) in [6.45, 7) is 5.27. The molecule has 10 heavy (non-hydrogen) atoms. The number of hydrogen-bond acceptors (Lipinski definition) is 2. The SMILES string of the molecule is CNC/C(=C\CO)C(C)C. The summed E-state index contributed by atoms with van der Waals surface area (Å²) < 4.78 is 0. The predicted molar refractivity (Wildman–Crippen MR) is 43.9 cm³/mol. The number of aliphatic hydroxyl groups is 1. The van der Waals surface area contributed by atoms with Crippen LogP contribution < -0.4 is 5.32 Å². The fourth-order valence-corrected chi connectivity index (χ4v) is 0.833. The highest BCUT2D eigenvalue weighted by Gasteiger charge is 1.99. The smallest absolute Gasteiger partial charge is 0.0615 e. The van der Waals surface area contributed by atoms with Gasteiger partial charge in [-0.15, -0.1) is 0 Å². The van der Waals surface area contributed by atoms with E-state index in [1.807, 2.05) is 13.1 Å². The Balaban J connectivity index is 3.85. The van der Waals surface area contributed by atoms with Crippen LogP contribution in [0, 0.1) is 5.92 Å². The maximum Gasteiger partial charge on any atom is 0.0615 e. The molecule has 0 radical (unpaired) electrons. The summed E-state index contributed by atoms with van der Waals surface area (Å²) in [4.78, 5) is 0. The lowest BCUT2D eigenvalue weighted by Gasteiger charge is -2.09. The summed E-state index contributed by atoms with van der Waals surface area (Å²) in [5, 5.41) is 11.7. The van der Waals surface area contributed by atoms with Crippen LogP contribution in [0.25, 0.3) is 0 Å². The summed E-state index contributed by atoms with van der Waals surface area (Å²) in [7, 11) is 1.91. The maximum absolute atomic E-state index is 8.61. The van der Waals surface area contributed by atoms with Crippen molar-refractivity contribution in [2.24, 2.45) is 5.92 Å². The summed E-state index contributed by atoms with van der Waals surface area (Å²) >= 11 is 0. The lowest BCUT2D eigenvalue weighted by atomic mass is 10.0. The van der Waals surface area contributed by atoms with E-state index in [1.54, 1.807) is 0 Å². The first-order chi connectivity index (χ1) is 4.72. The molecule has 0 amide bonds. The van der Waals surface area contributed by atoms with Crippen molar-refractivity contribution in [2.45, 2.75) is 13.8 Å². The van der Waals surface area contributed by atoms with Crippen LogP contribution in [-0.4, -0.2) is 25.3 Å². The van der Waals surface area contributed by atoms with Gasteiger partial charge < -0.3 is 10.4 Å². The third kappa shape index (κ3) is 3.64. The van der Waals surface area contributed by atoms with Gasteiger partial charge >= 0.3 is 0 Å². The van der Waals surface area contributed by atoms with Gasteiger partial charge in [0.2, 0.25) is 0 Å². The molecule has 0 atom stereocenters. The molecule has 60 valence electrons. The third-order valence-electron chi connectivity index (χ3n) is 1.48. The van der Waals surface area contributed by atoms with Gasteiger partial charge in [-0.1, -0.05) is 25.5 Å². The standard InChI is InChI=1S/C8H17NO/c1-7(2)8(4-5-10)6-9-3/h4,7,9-10H,5-6H2,1-3H3/b8-4+. The summed E-state index contributed by atoms with van der Waals surface area (Å²) in [6.07, 6.45) is 1.86. The average Bonchev–Trinajstić information content (AvgIpc) is 1.87. The van der Waals surface area contributed by atoms with Crippen LogP contribution >= 0.6 is 0 Å². The van der Waals surface area contributed by atoms with Gasteiger partial charge in [-0.3, -0.25) is 0 Å². The van der Waals surface area contributed by atoms with Crippen molar-refractivity contribution in [3.05, 3.63) is 11.6 Å². The molecule has 0 rings (SSSR count). The Kier molecular flexibility index (Phi) is 5.26. The van der Waals surface area contributed by atoms with Gasteiger partial charge in [0.15, 0.2) is 0 Å². The summed E-state index contributed by atoms with van der Waals surface area (Å²) in [5.74, 6) is 0.527. The Morgan fingerprint density at radius 1 is 1.60 bits per heavy atom. The van der Waals surface area contributed by atoms with Gasteiger partial charge in [-0.05, 0) is 13.0 Å². The van der Waals surface area contributed by atoms with Crippen molar-refractivity contribution in [1.29, 1.82) is 0 Å². The van der Waals surface area contributed by atoms with Gasteiger partial charge in [0.25, 0.3) is 0 Å². The van der Waals surface area contributed by atoms with Gasteiger partial charge in [-0.25, -0.2) is 0 Å². The van der Waals surface area contributed by atoms with Crippen LogP contribution in [0.1, 0.15) is 13.8 Å². The molecule has 2 nitrogen and oxygen atoms in total. The fraction of sp³-hybridized carbons (Fsp3) is 0.750. The van der Waals surface area contributed by atoms with Gasteiger partial charge in [-0.2, -0.15) is 0 Å². The Bertz CT molecular complexity index is 108. The zero-order chi connectivity index (χ0) is 7.98. The molecule has 0 heterocycles. The summed E-state index contributed by atoms with van der Waals surface area (Å²) in [5.41, 5.74) is 1.27. The van der Waals surface area contributed by atoms with E-state index in [4.69, 9.17) is 5.11 Å². The van der Waals surface area contributed by atoms with Crippen LogP contribution in [-0.2, 0) is 0 Å². The lowest BCUT2D eigenvalue weighted by Crippen LogP contribution is -2.14. The highest BCUT2D eigenvalue weighted by Crippen LogP contribution is 2.06. The second kappa shape index (κ2) is 5.45. The van der Waals surface area contributed by atoms with Crippen LogP contribution in [0.4, 0.5) is 0 Å². The first kappa shape index (κ1) is 9.66. The number of hydrogen-bond donors (Lipinski definition) is 2. The molecule has 0 saturated carbocycles. The monoisotopic (exact) mass is 143 g/mol. The van der Waals surface area contributed by atoms with Gasteiger partial charge in [0.1, 0.15) is 0 Å². The third-order valence-corrected chi connectivity index (χ3v) is 1.48. The van der Waals surface area contributed by atoms with Crippen LogP contribution in [0.2, 0.25) is 0 Å². The van der Waals surface area contributed by atoms with Crippen molar-refractivity contribution < 1.29 is 5.11 Å². The molecular weight excluding hydrogens is 126 g/mol. The van der Waals surface area contributed by atoms with E-state index in [0.717, 1.165) is 6.54 Å². The van der Waals surface area contributed by atoms with E-state index >= 15 is 0 Å². The number of aliphatic hydroxyl groups excluding tert-OH is 1. The minimum absolute atomic E-state index is 0.148. The molecule has 0 saturated heterocycles. The van der Waals surface area contributed by atoms with E-state index in [0.29, 0.717) is 5.92 Å². The van der Waals surface area contributed by atoms with Gasteiger partial charge in [0.05, 0.1) is 6.61 Å².